The van der Waals surface area contributed by atoms with Gasteiger partial charge in [0.05, 0.1) is 30.5 Å². The van der Waals surface area contributed by atoms with Crippen LogP contribution in [0.3, 0.4) is 0 Å². The molecule has 2 saturated heterocycles. The fourth-order valence-corrected chi connectivity index (χ4v) is 5.10. The van der Waals surface area contributed by atoms with E-state index in [1.54, 1.807) is 7.11 Å². The summed E-state index contributed by atoms with van der Waals surface area (Å²) in [5.74, 6) is 2.40. The van der Waals surface area contributed by atoms with Crippen LogP contribution in [0.2, 0.25) is 0 Å². The summed E-state index contributed by atoms with van der Waals surface area (Å²) in [6.07, 6.45) is 23.6. The van der Waals surface area contributed by atoms with E-state index in [0.29, 0.717) is 6.79 Å². The van der Waals surface area contributed by atoms with Crippen LogP contribution in [0.25, 0.3) is 0 Å². The number of hydrogen-bond acceptors (Lipinski definition) is 5. The number of methoxy groups -OCH3 is 1. The van der Waals surface area contributed by atoms with Crippen molar-refractivity contribution in [2.24, 2.45) is 0 Å². The van der Waals surface area contributed by atoms with E-state index in [1.165, 1.54) is 64.2 Å². The van der Waals surface area contributed by atoms with Gasteiger partial charge in [-0.15, -0.1) is 6.42 Å². The van der Waals surface area contributed by atoms with Crippen molar-refractivity contribution in [3.05, 3.63) is 0 Å². The van der Waals surface area contributed by atoms with Gasteiger partial charge >= 0.3 is 0 Å². The molecule has 5 heteroatoms. The van der Waals surface area contributed by atoms with Crippen LogP contribution in [0.5, 0.6) is 0 Å². The van der Waals surface area contributed by atoms with Crippen LogP contribution in [0.1, 0.15) is 110 Å². The van der Waals surface area contributed by atoms with E-state index in [-0.39, 0.29) is 30.5 Å². The molecular formula is C27H48O5. The lowest BCUT2D eigenvalue weighted by atomic mass is 9.96. The van der Waals surface area contributed by atoms with Gasteiger partial charge in [0, 0.05) is 7.11 Å². The minimum atomic E-state index is -0.830. The molecule has 2 aliphatic rings. The Hall–Kier alpha value is -0.640. The zero-order chi connectivity index (χ0) is 23.0. The van der Waals surface area contributed by atoms with Gasteiger partial charge in [-0.2, -0.15) is 0 Å². The van der Waals surface area contributed by atoms with E-state index < -0.39 is 6.10 Å². The summed E-state index contributed by atoms with van der Waals surface area (Å²) in [4.78, 5) is 0. The lowest BCUT2D eigenvalue weighted by Crippen LogP contribution is -2.42. The lowest BCUT2D eigenvalue weighted by molar-refractivity contribution is -0.167. The van der Waals surface area contributed by atoms with Gasteiger partial charge in [-0.25, -0.2) is 0 Å². The normalized spacial score (nSPS) is 27.8. The molecule has 2 rings (SSSR count). The van der Waals surface area contributed by atoms with E-state index in [0.717, 1.165) is 38.5 Å². The van der Waals surface area contributed by atoms with Crippen LogP contribution < -0.4 is 0 Å². The molecule has 0 saturated carbocycles. The quantitative estimate of drug-likeness (QED) is 0.173. The number of ether oxygens (including phenoxy) is 4. The molecule has 0 spiro atoms. The molecule has 2 heterocycles. The molecule has 5 nitrogen and oxygen atoms in total. The summed E-state index contributed by atoms with van der Waals surface area (Å²) >= 11 is 0. The zero-order valence-corrected chi connectivity index (χ0v) is 20.6. The molecule has 0 aromatic rings. The molecule has 2 aliphatic heterocycles. The Labute approximate surface area is 196 Å². The van der Waals surface area contributed by atoms with E-state index in [9.17, 15) is 5.11 Å². The van der Waals surface area contributed by atoms with Crippen molar-refractivity contribution >= 4 is 0 Å². The van der Waals surface area contributed by atoms with Crippen molar-refractivity contribution in [1.29, 1.82) is 0 Å². The van der Waals surface area contributed by atoms with Gasteiger partial charge in [0.2, 0.25) is 0 Å². The second kappa shape index (κ2) is 16.9. The molecule has 0 aromatic heterocycles. The molecule has 0 aromatic carbocycles. The van der Waals surface area contributed by atoms with Gasteiger partial charge in [0.25, 0.3) is 0 Å². The Morgan fingerprint density at radius 2 is 1.50 bits per heavy atom. The SMILES string of the molecule is C#CC(O)[C@@H]1CCC[C@H]([C@H]2CC[C@H]([C@@H](CCCCCCCCCCCC)OCOC)O2)O1. The molecule has 186 valence electrons. The van der Waals surface area contributed by atoms with Crippen molar-refractivity contribution < 1.29 is 24.1 Å². The van der Waals surface area contributed by atoms with Crippen LogP contribution in [-0.2, 0) is 18.9 Å². The maximum absolute atomic E-state index is 9.97. The standard InChI is InChI=1S/C27H48O5/c1-4-6-7-8-9-10-11-12-13-14-16-24(30-21-29-3)26-19-20-27(32-26)25-18-15-17-23(31-25)22(28)5-2/h2,22-28H,4,6-21H2,1,3H3/t22?,23-,24+,25+,26+,27+/m0/s1. The molecule has 0 radical (unpaired) electrons. The van der Waals surface area contributed by atoms with Crippen LogP contribution in [0.4, 0.5) is 0 Å². The molecule has 2 fully saturated rings. The van der Waals surface area contributed by atoms with Crippen molar-refractivity contribution in [1.82, 2.24) is 0 Å². The summed E-state index contributed by atoms with van der Waals surface area (Å²) < 4.78 is 23.7. The Kier molecular flexibility index (Phi) is 14.6. The van der Waals surface area contributed by atoms with Gasteiger partial charge in [0.1, 0.15) is 12.9 Å². The maximum atomic E-state index is 9.97. The van der Waals surface area contributed by atoms with Crippen molar-refractivity contribution in [2.75, 3.05) is 13.9 Å². The van der Waals surface area contributed by atoms with Gasteiger partial charge in [-0.1, -0.05) is 77.1 Å². The zero-order valence-electron chi connectivity index (χ0n) is 20.6. The van der Waals surface area contributed by atoms with E-state index in [1.807, 2.05) is 0 Å². The highest BCUT2D eigenvalue weighted by Crippen LogP contribution is 2.34. The summed E-state index contributed by atoms with van der Waals surface area (Å²) in [7, 11) is 1.67. The molecule has 1 unspecified atom stereocenters. The molecule has 0 bridgehead atoms. The molecule has 32 heavy (non-hydrogen) atoms. The predicted octanol–water partition coefficient (Wildman–Crippen LogP) is 5.77. The summed E-state index contributed by atoms with van der Waals surface area (Å²) in [5.41, 5.74) is 0. The topological polar surface area (TPSA) is 57.2 Å². The fraction of sp³-hybridized carbons (Fsp3) is 0.926. The fourth-order valence-electron chi connectivity index (χ4n) is 5.10. The van der Waals surface area contributed by atoms with Crippen molar-refractivity contribution in [3.63, 3.8) is 0 Å². The van der Waals surface area contributed by atoms with Crippen molar-refractivity contribution in [3.8, 4) is 12.3 Å². The first kappa shape index (κ1) is 27.6. The van der Waals surface area contributed by atoms with E-state index >= 15 is 0 Å². The average molecular weight is 453 g/mol. The Morgan fingerprint density at radius 3 is 2.16 bits per heavy atom. The largest absolute Gasteiger partial charge is 0.378 e. The minimum Gasteiger partial charge on any atom is -0.378 e. The molecular weight excluding hydrogens is 404 g/mol. The number of unbranched alkanes of at least 4 members (excludes halogenated alkanes) is 9. The van der Waals surface area contributed by atoms with Gasteiger partial charge in [-0.05, 0) is 38.5 Å². The number of aliphatic hydroxyl groups is 1. The second-order valence-electron chi connectivity index (χ2n) is 9.63. The summed E-state index contributed by atoms with van der Waals surface area (Å²) in [6.45, 7) is 2.58. The smallest absolute Gasteiger partial charge is 0.146 e. The third kappa shape index (κ3) is 10.1. The van der Waals surface area contributed by atoms with Crippen LogP contribution in [0.15, 0.2) is 0 Å². The van der Waals surface area contributed by atoms with Gasteiger partial charge in [0.15, 0.2) is 0 Å². The number of hydrogen-bond donors (Lipinski definition) is 1. The number of terminal acetylenes is 1. The van der Waals surface area contributed by atoms with Crippen molar-refractivity contribution in [2.45, 2.75) is 146 Å². The highest BCUT2D eigenvalue weighted by atomic mass is 16.7. The summed E-state index contributed by atoms with van der Waals surface area (Å²) in [5, 5.41) is 9.97. The first-order valence-electron chi connectivity index (χ1n) is 13.2. The molecule has 1 N–H and O–H groups in total. The maximum Gasteiger partial charge on any atom is 0.146 e. The predicted molar refractivity (Wildman–Crippen MR) is 128 cm³/mol. The van der Waals surface area contributed by atoms with Gasteiger partial charge in [-0.3, -0.25) is 0 Å². The van der Waals surface area contributed by atoms with Crippen LogP contribution in [-0.4, -0.2) is 55.6 Å². The second-order valence-corrected chi connectivity index (χ2v) is 9.63. The third-order valence-corrected chi connectivity index (χ3v) is 7.01. The summed E-state index contributed by atoms with van der Waals surface area (Å²) in [6, 6.07) is 0. The van der Waals surface area contributed by atoms with Crippen LogP contribution >= 0.6 is 0 Å². The Bertz CT molecular complexity index is 505. The lowest BCUT2D eigenvalue weighted by Gasteiger charge is -2.34. The first-order chi connectivity index (χ1) is 15.7. The minimum absolute atomic E-state index is 0.0159. The van der Waals surface area contributed by atoms with Crippen LogP contribution in [0, 0.1) is 12.3 Å². The molecule has 6 atom stereocenters. The first-order valence-corrected chi connectivity index (χ1v) is 13.2. The third-order valence-electron chi connectivity index (χ3n) is 7.01. The highest BCUT2D eigenvalue weighted by Gasteiger charge is 2.39. The Balaban J connectivity index is 1.67. The van der Waals surface area contributed by atoms with Gasteiger partial charge < -0.3 is 24.1 Å². The monoisotopic (exact) mass is 452 g/mol. The molecule has 0 aliphatic carbocycles. The van der Waals surface area contributed by atoms with E-state index in [2.05, 4.69) is 12.8 Å². The number of aliphatic hydroxyl groups excluding tert-OH is 1. The van der Waals surface area contributed by atoms with E-state index in [4.69, 9.17) is 25.4 Å². The number of rotatable bonds is 17. The Morgan fingerprint density at radius 1 is 0.875 bits per heavy atom. The highest BCUT2D eigenvalue weighted by molar-refractivity contribution is 4.99. The average Bonchev–Trinajstić information content (AvgIpc) is 3.32. The molecule has 0 amide bonds.